The summed E-state index contributed by atoms with van der Waals surface area (Å²) in [5.74, 6) is -19.4. The fraction of sp³-hybridized carbons (Fsp3) is 0.598. The van der Waals surface area contributed by atoms with Crippen molar-refractivity contribution in [1.82, 2.24) is 101 Å². The number of carbonyl (C=O) groups excluding carboxylic acids is 15. The molecule has 1 heterocycles. The summed E-state index contributed by atoms with van der Waals surface area (Å²) in [5, 5.41) is 168. The number of hydrogen-bond acceptors (Lipinski definition) is 31. The molecule has 2 aromatic rings. The van der Waals surface area contributed by atoms with Gasteiger partial charge in [0.1, 0.15) is 89.9 Å². The Morgan fingerprint density at radius 2 is 0.760 bits per heavy atom. The lowest BCUT2D eigenvalue weighted by Gasteiger charge is -2.43. The van der Waals surface area contributed by atoms with E-state index in [-0.39, 0.29) is 215 Å². The predicted octanol–water partition coefficient (Wildman–Crippen LogP) is -10.8. The number of rotatable bonds is 64. The van der Waals surface area contributed by atoms with Crippen molar-refractivity contribution in [1.29, 1.82) is 43.3 Å². The molecule has 12 amide bonds. The Hall–Kier alpha value is -15.5. The summed E-state index contributed by atoms with van der Waals surface area (Å²) >= 11 is 0. The molecule has 3 aliphatic rings. The standard InChI is InChI=1S/C87H144N36O23/c1-41-65(129)54(37-60(145-41)146-56-39-87(143,57(126)40-124)38-44-62(56)69(133)64-63(67(44)131)66(130)43-15-6-25-55(144-3)61(43)68(64)132)116-59(128)27-26-58(127)115-48(20-10-32-109-82(95)96)73(137)118-46(18-8-30-107-80(91)92)71(135)105-28-5-4-16-49(119-76(140)51(22-12-34-111-84(99)100)120-72(136)47(114-42(2)125)19-9-31-108-81(93)94)75(139)122-52(23-13-35-112-85(101)102)78(142)123-53(24-14-36-113-86(103)104)77(141)121-50(21-11-33-110-83(97)98)74(138)117-45(70(88)134)17-7-29-106-79(89)90/h6,15,25,41,45-54,56,60,65,124,129,131,133,143H,4-5,7-14,16-24,26-40H2,1-3H3,(H2,88,134)(H,105,135)(H,114,125)(H,115,127)(H,116,128)(H,117,138)(H,118,137)(H,119,140)(H,120,136)(H,121,141)(H,122,139)(H,123,142)(H4,89,90,106)(H4,91,92,107)(H4,93,94,108)(H4,95,96,109)(H4,97,98,110)(H4,99,100,111)(H4,101,102,112)(H4,103,104,113)/t41?,45-,46-,47?,48-,49?,50-,51?,52-,53-,54?,56-,60?,65?,87+/m0/s1. The Balaban J connectivity index is 1.45. The molecule has 146 heavy (non-hydrogen) atoms. The number of hydrogen-bond donors (Lipinski definition) is 41. The summed E-state index contributed by atoms with van der Waals surface area (Å²) in [6, 6.07) is -10.8. The first-order valence-corrected chi connectivity index (χ1v) is 47.4. The van der Waals surface area contributed by atoms with Gasteiger partial charge in [-0.1, -0.05) is 12.1 Å². The van der Waals surface area contributed by atoms with Crippen LogP contribution in [-0.2, 0) is 78.2 Å². The van der Waals surface area contributed by atoms with Gasteiger partial charge in [0.25, 0.3) is 0 Å². The van der Waals surface area contributed by atoms with Gasteiger partial charge in [0.15, 0.2) is 65.5 Å². The summed E-state index contributed by atoms with van der Waals surface area (Å²) in [4.78, 5) is 213. The number of fused-ring (bicyclic) bond motifs is 3. The van der Waals surface area contributed by atoms with E-state index >= 15 is 14.4 Å². The Labute approximate surface area is 840 Å². The van der Waals surface area contributed by atoms with Crippen LogP contribution in [0.3, 0.4) is 0 Å². The Morgan fingerprint density at radius 3 is 1.12 bits per heavy atom. The highest BCUT2D eigenvalue weighted by molar-refractivity contribution is 6.31. The fourth-order valence-electron chi connectivity index (χ4n) is 16.3. The van der Waals surface area contributed by atoms with Crippen LogP contribution in [-0.4, -0.2) is 319 Å². The van der Waals surface area contributed by atoms with Crippen molar-refractivity contribution in [3.8, 4) is 17.2 Å². The molecule has 1 aliphatic heterocycles. The molecule has 59 heteroatoms. The third kappa shape index (κ3) is 40.3. The molecule has 59 nitrogen and oxygen atoms in total. The van der Waals surface area contributed by atoms with Crippen LogP contribution in [0, 0.1) is 43.3 Å². The van der Waals surface area contributed by atoms with E-state index in [0.29, 0.717) is 0 Å². The molecule has 0 aromatic heterocycles. The number of ether oxygens (including phenoxy) is 3. The third-order valence-electron chi connectivity index (χ3n) is 23.6. The number of methoxy groups -OCH3 is 1. The van der Waals surface area contributed by atoms with Crippen LogP contribution in [0.15, 0.2) is 18.2 Å². The van der Waals surface area contributed by atoms with Gasteiger partial charge in [-0.05, 0) is 135 Å². The van der Waals surface area contributed by atoms with Crippen molar-refractivity contribution in [3.05, 3.63) is 51.6 Å². The van der Waals surface area contributed by atoms with Crippen LogP contribution in [0.1, 0.15) is 211 Å². The molecule has 2 aromatic carbocycles. The first-order valence-electron chi connectivity index (χ1n) is 47.4. The lowest BCUT2D eigenvalue weighted by atomic mass is 9.72. The van der Waals surface area contributed by atoms with Crippen LogP contribution < -0.4 is 157 Å². The van der Waals surface area contributed by atoms with Crippen molar-refractivity contribution in [3.63, 3.8) is 0 Å². The van der Waals surface area contributed by atoms with Gasteiger partial charge in [-0.15, -0.1) is 0 Å². The minimum atomic E-state index is -2.53. The highest BCUT2D eigenvalue weighted by Crippen LogP contribution is 2.53. The highest BCUT2D eigenvalue weighted by atomic mass is 16.7. The zero-order chi connectivity index (χ0) is 109. The quantitative estimate of drug-likeness (QED) is 0.0108. The van der Waals surface area contributed by atoms with Gasteiger partial charge in [-0.3, -0.25) is 115 Å². The molecule has 0 spiro atoms. The number of Topliss-reactive ketones (excluding diaryl/α,β-unsaturated/α-hetero) is 1. The number of aliphatic hydroxyl groups excluding tert-OH is 2. The fourth-order valence-corrected chi connectivity index (χ4v) is 16.3. The number of phenols is 2. The van der Waals surface area contributed by atoms with Gasteiger partial charge in [-0.2, -0.15) is 0 Å². The second-order valence-corrected chi connectivity index (χ2v) is 35.0. The smallest absolute Gasteiger partial charge is 0.243 e. The molecule has 0 bridgehead atoms. The number of benzene rings is 2. The van der Waals surface area contributed by atoms with Gasteiger partial charge < -0.3 is 192 Å². The first-order chi connectivity index (χ1) is 69.0. The number of unbranched alkanes of at least 4 members (excludes halogenated alkanes) is 1. The maximum atomic E-state index is 15.3. The minimum Gasteiger partial charge on any atom is -0.507 e. The van der Waals surface area contributed by atoms with Gasteiger partial charge in [0.05, 0.1) is 42.0 Å². The molecular formula is C87H144N36O23. The largest absolute Gasteiger partial charge is 0.507 e. The molecule has 2 aliphatic carbocycles. The van der Waals surface area contributed by atoms with E-state index in [2.05, 4.69) is 101 Å². The van der Waals surface area contributed by atoms with Crippen molar-refractivity contribution >= 4 is 136 Å². The number of nitrogens with one attached hydrogen (secondary N) is 27. The molecule has 50 N–H and O–H groups in total. The van der Waals surface area contributed by atoms with Crippen molar-refractivity contribution in [2.75, 3.05) is 72.6 Å². The molecule has 0 radical (unpaired) electrons. The zero-order valence-electron chi connectivity index (χ0n) is 81.6. The van der Waals surface area contributed by atoms with Crippen LogP contribution in [0.5, 0.6) is 17.2 Å². The molecular weight excluding hydrogens is 1920 g/mol. The van der Waals surface area contributed by atoms with E-state index in [0.717, 1.165) is 6.92 Å². The zero-order valence-corrected chi connectivity index (χ0v) is 81.6. The summed E-state index contributed by atoms with van der Waals surface area (Å²) < 4.78 is 17.7. The van der Waals surface area contributed by atoms with Crippen molar-refractivity contribution in [2.24, 2.45) is 51.6 Å². The number of amides is 12. The topological polar surface area (TPSA) is 1040 Å². The second-order valence-electron chi connectivity index (χ2n) is 35.0. The van der Waals surface area contributed by atoms with Crippen LogP contribution in [0.25, 0.3) is 0 Å². The highest BCUT2D eigenvalue weighted by Gasteiger charge is 2.51. The van der Waals surface area contributed by atoms with Crippen LogP contribution in [0.2, 0.25) is 0 Å². The van der Waals surface area contributed by atoms with E-state index in [4.69, 9.17) is 109 Å². The SMILES string of the molecule is COc1cccc2c1C(=O)c1c(O)c3c(c(O)c1C2=O)C[C@](O)(C(=O)CO)C[C@@H]3OC1CC(NC(=O)CCC(=O)N[C@@H](CCCNC(=N)N)C(=O)N[C@@H](CCCNC(=N)N)C(=O)NCCCCC(NC(=O)C(CCCNC(=N)N)NC(=O)C(CCCNC(=N)N)NC(C)=O)C(=O)N[C@@H](CCCNC(=N)N)C(=O)N[C@@H](CCCNC(=N)N)C(=O)N[C@@H](CCCNC(=N)N)C(=O)N[C@@H](CCCNC(=N)N)C(N)=O)C(O)C(C)O1. The Bertz CT molecular complexity index is 5010. The van der Waals surface area contributed by atoms with E-state index in [9.17, 15) is 83.1 Å². The molecule has 5 rings (SSSR count). The molecule has 1 fully saturated rings. The van der Waals surface area contributed by atoms with E-state index in [1.165, 1.54) is 32.2 Å². The summed E-state index contributed by atoms with van der Waals surface area (Å²) in [6.07, 6.45) is -10.6. The van der Waals surface area contributed by atoms with E-state index < -0.39 is 282 Å². The summed E-state index contributed by atoms with van der Waals surface area (Å²) in [5.41, 5.74) is 44.9. The maximum Gasteiger partial charge on any atom is 0.243 e. The molecule has 15 atom stereocenters. The number of aliphatic hydroxyl groups is 3. The van der Waals surface area contributed by atoms with Gasteiger partial charge in [0, 0.05) is 115 Å². The molecule has 810 valence electrons. The third-order valence-corrected chi connectivity index (χ3v) is 23.6. The van der Waals surface area contributed by atoms with Crippen LogP contribution >= 0.6 is 0 Å². The molecule has 0 saturated carbocycles. The normalized spacial score (nSPS) is 17.7. The number of phenolic OH excluding ortho intramolecular Hbond substituents is 2. The van der Waals surface area contributed by atoms with E-state index in [1.807, 2.05) is 0 Å². The number of guanidine groups is 8. The Kier molecular flexibility index (Phi) is 50.3. The van der Waals surface area contributed by atoms with Crippen LogP contribution in [0.4, 0.5) is 0 Å². The minimum absolute atomic E-state index is 0.00732. The predicted molar refractivity (Wildman–Crippen MR) is 527 cm³/mol. The van der Waals surface area contributed by atoms with Gasteiger partial charge in [0.2, 0.25) is 76.7 Å². The van der Waals surface area contributed by atoms with E-state index in [1.54, 1.807) is 0 Å². The second kappa shape index (κ2) is 60.8. The average Bonchev–Trinajstić information content (AvgIpc) is 0.708. The summed E-state index contributed by atoms with van der Waals surface area (Å²) in [7, 11) is 1.24. The number of nitrogens with two attached hydrogens (primary N) is 9. The summed E-state index contributed by atoms with van der Waals surface area (Å²) in [6.45, 7) is 1.05. The Morgan fingerprint density at radius 1 is 0.432 bits per heavy atom. The monoisotopic (exact) mass is 2060 g/mol. The van der Waals surface area contributed by atoms with Crippen molar-refractivity contribution in [2.45, 2.75) is 259 Å². The lowest BCUT2D eigenvalue weighted by molar-refractivity contribution is -0.249. The average molecular weight is 2060 g/mol. The first kappa shape index (κ1) is 121. The molecule has 7 unspecified atom stereocenters. The van der Waals surface area contributed by atoms with Crippen molar-refractivity contribution < 1.29 is 112 Å². The number of aromatic hydroxyl groups is 2. The number of carbonyl (C=O) groups is 15. The lowest BCUT2D eigenvalue weighted by Crippen LogP contribution is -2.60. The van der Waals surface area contributed by atoms with Gasteiger partial charge >= 0.3 is 0 Å². The maximum absolute atomic E-state index is 15.3. The molecule has 1 saturated heterocycles. The van der Waals surface area contributed by atoms with Gasteiger partial charge in [-0.25, -0.2) is 0 Å². The number of primary amides is 1. The number of ketones is 3.